The molecular weight excluding hydrogens is 291 g/mol. The average molecular weight is 292 g/mol. The maximum atomic E-state index is 8.90. The Bertz CT molecular complexity index is 106. The van der Waals surface area contributed by atoms with Gasteiger partial charge >= 0.3 is 81.9 Å². The van der Waals surface area contributed by atoms with Crippen LogP contribution in [-0.2, 0) is 0 Å². The first-order valence-electron chi connectivity index (χ1n) is 1.41. The summed E-state index contributed by atoms with van der Waals surface area (Å²) in [5.74, 6) is 0. The van der Waals surface area contributed by atoms with Gasteiger partial charge in [-0.05, 0) is 0 Å². The third-order valence-electron chi connectivity index (χ3n) is 0.359. The number of rotatable bonds is 1. The molecule has 0 heterocycles. The van der Waals surface area contributed by atoms with Crippen molar-refractivity contribution in [1.29, 1.82) is 0 Å². The molecule has 1 nitrogen and oxygen atoms in total. The van der Waals surface area contributed by atoms with Crippen LogP contribution in [-0.4, -0.2) is 4.89 Å². The van der Waals surface area contributed by atoms with E-state index in [0.717, 1.165) is 0 Å². The molecule has 0 rings (SSSR count). The van der Waals surface area contributed by atoms with E-state index in [0.29, 0.717) is 0 Å². The zero-order chi connectivity index (χ0) is 7.95. The zero-order valence-electron chi connectivity index (χ0n) is 3.61. The van der Waals surface area contributed by atoms with E-state index in [9.17, 15) is 0 Å². The Balaban J connectivity index is 4.56. The molecule has 0 aromatic carbocycles. The van der Waals surface area contributed by atoms with Crippen LogP contribution in [0.2, 0.25) is 0 Å². The predicted molar refractivity (Wildman–Crippen MR) is 51.2 cm³/mol. The van der Waals surface area contributed by atoms with Crippen molar-refractivity contribution in [1.82, 2.24) is 0 Å². The van der Waals surface area contributed by atoms with Crippen molar-refractivity contribution in [3.63, 3.8) is 0 Å². The Labute approximate surface area is 81.5 Å². The third kappa shape index (κ3) is 3.65. The van der Waals surface area contributed by atoms with Crippen LogP contribution in [0, 0.1) is 0 Å². The van der Waals surface area contributed by atoms with Gasteiger partial charge in [0.15, 0.2) is 0 Å². The number of hydrogen-bond acceptors (Lipinski definition) is 1. The summed E-state index contributed by atoms with van der Waals surface area (Å²) in [6.45, 7) is 0. The van der Waals surface area contributed by atoms with Crippen LogP contribution < -0.4 is 0 Å². The molecule has 1 N–H and O–H groups in total. The SMILES string of the molecule is OP(Cl)(Cl)(Cl)[P+](Cl)(Cl)Cl. The first-order valence-corrected chi connectivity index (χ1v) is 11.5. The normalized spacial score (nSPS) is 18.8. The molecule has 9 heteroatoms. The van der Waals surface area contributed by atoms with Crippen LogP contribution in [0.25, 0.3) is 0 Å². The van der Waals surface area contributed by atoms with E-state index >= 15 is 0 Å². The van der Waals surface area contributed by atoms with Crippen molar-refractivity contribution in [2.45, 2.75) is 0 Å². The summed E-state index contributed by atoms with van der Waals surface area (Å²) in [5, 5.41) is -3.31. The number of hydrogen-bond donors (Lipinski definition) is 1. The van der Waals surface area contributed by atoms with Gasteiger partial charge in [0.25, 0.3) is 0 Å². The van der Waals surface area contributed by atoms with Gasteiger partial charge in [-0.2, -0.15) is 0 Å². The molecule has 0 atom stereocenters. The summed E-state index contributed by atoms with van der Waals surface area (Å²) in [7, 11) is 0. The maximum absolute atomic E-state index is 8.90. The van der Waals surface area contributed by atoms with Crippen LogP contribution in [0.1, 0.15) is 0 Å². The second kappa shape index (κ2) is 2.80. The van der Waals surface area contributed by atoms with E-state index in [4.69, 9.17) is 72.3 Å². The molecule has 0 spiro atoms. The molecule has 0 aliphatic carbocycles. The van der Waals surface area contributed by atoms with Crippen LogP contribution in [0.15, 0.2) is 0 Å². The molecule has 0 aromatic rings. The van der Waals surface area contributed by atoms with Crippen molar-refractivity contribution >= 4 is 77.0 Å². The Kier molecular flexibility index (Phi) is 3.60. The van der Waals surface area contributed by atoms with Crippen LogP contribution in [0.5, 0.6) is 0 Å². The van der Waals surface area contributed by atoms with Gasteiger partial charge in [-0.25, -0.2) is 0 Å². The molecule has 0 saturated carbocycles. The summed E-state index contributed by atoms with van der Waals surface area (Å²) in [6.07, 6.45) is 0. The molecule has 0 aliphatic rings. The Morgan fingerprint density at radius 2 is 1.11 bits per heavy atom. The van der Waals surface area contributed by atoms with E-state index in [-0.39, 0.29) is 0 Å². The van der Waals surface area contributed by atoms with E-state index in [1.165, 1.54) is 0 Å². The monoisotopic (exact) mass is 289 g/mol. The molecule has 0 amide bonds. The molecule has 0 bridgehead atoms. The predicted octanol–water partition coefficient (Wildman–Crippen LogP) is 5.30. The summed E-state index contributed by atoms with van der Waals surface area (Å²) >= 11 is 31.0. The van der Waals surface area contributed by atoms with Crippen LogP contribution in [0.3, 0.4) is 0 Å². The van der Waals surface area contributed by atoms with Crippen molar-refractivity contribution in [3.8, 4) is 0 Å². The first kappa shape index (κ1) is 11.6. The van der Waals surface area contributed by atoms with Crippen molar-refractivity contribution < 1.29 is 4.89 Å². The van der Waals surface area contributed by atoms with Crippen LogP contribution >= 0.6 is 77.0 Å². The van der Waals surface area contributed by atoms with E-state index in [1.807, 2.05) is 0 Å². The Hall–Kier alpha value is 2.56. The second-order valence-electron chi connectivity index (χ2n) is 1.15. The molecule has 0 fully saturated rings. The fraction of sp³-hybridized carbons (Fsp3) is 0. The molecule has 0 aliphatic heterocycles. The topological polar surface area (TPSA) is 20.2 Å². The molecule has 0 radical (unpaired) electrons. The van der Waals surface area contributed by atoms with Gasteiger partial charge in [0, 0.05) is 0 Å². The second-order valence-corrected chi connectivity index (χ2v) is 25.4. The minimum absolute atomic E-state index is 3.31. The van der Waals surface area contributed by atoms with Gasteiger partial charge in [0.1, 0.15) is 0 Å². The fourth-order valence-electron chi connectivity index (χ4n) is 0. The van der Waals surface area contributed by atoms with E-state index in [2.05, 4.69) is 0 Å². The van der Waals surface area contributed by atoms with E-state index < -0.39 is 9.59 Å². The van der Waals surface area contributed by atoms with Gasteiger partial charge in [0.05, 0.1) is 0 Å². The van der Waals surface area contributed by atoms with Gasteiger partial charge in [-0.1, -0.05) is 0 Å². The minimum atomic E-state index is -4.49. The van der Waals surface area contributed by atoms with Gasteiger partial charge in [-0.3, -0.25) is 0 Å². The quantitative estimate of drug-likeness (QED) is 0.650. The standard InChI is InChI=1S/Cl6HOP2/c1-8(2,3)9(4,5,6)7/h7H/q+1. The first-order chi connectivity index (χ1) is 3.51. The molecule has 9 heavy (non-hydrogen) atoms. The average Bonchev–Trinajstić information content (AvgIpc) is 1.20. The molecule has 0 saturated heterocycles. The fourth-order valence-corrected chi connectivity index (χ4v) is 0. The molecule has 58 valence electrons. The van der Waals surface area contributed by atoms with Gasteiger partial charge < -0.3 is 0 Å². The molecule has 0 unspecified atom stereocenters. The molecule has 0 aromatic heterocycles. The zero-order valence-corrected chi connectivity index (χ0v) is 9.93. The van der Waals surface area contributed by atoms with Crippen molar-refractivity contribution in [2.75, 3.05) is 0 Å². The molecular formula is HCl6OP2+. The van der Waals surface area contributed by atoms with E-state index in [1.54, 1.807) is 0 Å². The summed E-state index contributed by atoms with van der Waals surface area (Å²) in [4.78, 5) is 8.90. The summed E-state index contributed by atoms with van der Waals surface area (Å²) in [6, 6.07) is 0. The Morgan fingerprint density at radius 3 is 1.11 bits per heavy atom. The van der Waals surface area contributed by atoms with Crippen LogP contribution in [0.4, 0.5) is 0 Å². The number of halogens is 6. The Morgan fingerprint density at radius 1 is 1.00 bits per heavy atom. The van der Waals surface area contributed by atoms with Gasteiger partial charge in [-0.15, -0.1) is 0 Å². The third-order valence-corrected chi connectivity index (χ3v) is 23.6. The van der Waals surface area contributed by atoms with Crippen molar-refractivity contribution in [3.05, 3.63) is 0 Å². The summed E-state index contributed by atoms with van der Waals surface area (Å²) < 4.78 is -4.49. The van der Waals surface area contributed by atoms with Gasteiger partial charge in [0.2, 0.25) is 0 Å². The van der Waals surface area contributed by atoms with Crippen molar-refractivity contribution in [2.24, 2.45) is 0 Å². The summed E-state index contributed by atoms with van der Waals surface area (Å²) in [5.41, 5.74) is 0.